The van der Waals surface area contributed by atoms with Crippen molar-refractivity contribution in [3.05, 3.63) is 41.4 Å². The van der Waals surface area contributed by atoms with Crippen LogP contribution in [0.3, 0.4) is 0 Å². The van der Waals surface area contributed by atoms with E-state index in [0.29, 0.717) is 17.5 Å². The number of halogens is 1. The molecule has 0 saturated heterocycles. The molecule has 0 aliphatic heterocycles. The number of anilines is 1. The standard InChI is InChI=1S/C11H12ClN3O3S/c1-13-19(16,17)11-3-2-9(18-11)7-15-8-4-5-14-10(12)6-8/h2-6,13H,7H2,1H3,(H,14,15). The van der Waals surface area contributed by atoms with E-state index < -0.39 is 10.0 Å². The highest BCUT2D eigenvalue weighted by Gasteiger charge is 2.16. The van der Waals surface area contributed by atoms with Crippen LogP contribution in [0.4, 0.5) is 5.69 Å². The molecule has 6 nitrogen and oxygen atoms in total. The third kappa shape index (κ3) is 3.46. The van der Waals surface area contributed by atoms with E-state index in [1.807, 2.05) is 0 Å². The maximum Gasteiger partial charge on any atom is 0.273 e. The Hall–Kier alpha value is -1.57. The van der Waals surface area contributed by atoms with E-state index in [2.05, 4.69) is 15.0 Å². The van der Waals surface area contributed by atoms with Crippen LogP contribution in [-0.2, 0) is 16.6 Å². The normalized spacial score (nSPS) is 11.5. The predicted octanol–water partition coefficient (Wildman–Crippen LogP) is 1.85. The van der Waals surface area contributed by atoms with Crippen LogP contribution < -0.4 is 10.0 Å². The third-order valence-corrected chi connectivity index (χ3v) is 3.86. The first-order valence-electron chi connectivity index (χ1n) is 5.39. The molecule has 0 bridgehead atoms. The second-order valence-electron chi connectivity index (χ2n) is 3.65. The van der Waals surface area contributed by atoms with Gasteiger partial charge in [0.05, 0.1) is 6.54 Å². The first-order valence-corrected chi connectivity index (χ1v) is 7.25. The molecule has 0 aromatic carbocycles. The maximum absolute atomic E-state index is 11.5. The van der Waals surface area contributed by atoms with Crippen LogP contribution in [0.2, 0.25) is 5.15 Å². The van der Waals surface area contributed by atoms with Gasteiger partial charge >= 0.3 is 0 Å². The lowest BCUT2D eigenvalue weighted by atomic mass is 10.4. The molecule has 102 valence electrons. The molecular weight excluding hydrogens is 290 g/mol. The molecule has 0 saturated carbocycles. The summed E-state index contributed by atoms with van der Waals surface area (Å²) in [5.74, 6) is 0.502. The Bertz CT molecular complexity index is 669. The Kier molecular flexibility index (Phi) is 4.08. The third-order valence-electron chi connectivity index (χ3n) is 2.36. The number of pyridine rings is 1. The molecule has 2 rings (SSSR count). The Morgan fingerprint density at radius 2 is 2.16 bits per heavy atom. The largest absolute Gasteiger partial charge is 0.446 e. The smallest absolute Gasteiger partial charge is 0.273 e. The van der Waals surface area contributed by atoms with Gasteiger partial charge in [-0.25, -0.2) is 18.1 Å². The Balaban J connectivity index is 2.05. The summed E-state index contributed by atoms with van der Waals surface area (Å²) in [4.78, 5) is 3.86. The van der Waals surface area contributed by atoms with Crippen LogP contribution in [0.1, 0.15) is 5.76 Å². The summed E-state index contributed by atoms with van der Waals surface area (Å²) in [5.41, 5.74) is 0.773. The van der Waals surface area contributed by atoms with E-state index >= 15 is 0 Å². The number of aromatic nitrogens is 1. The molecule has 0 amide bonds. The molecule has 2 N–H and O–H groups in total. The van der Waals surface area contributed by atoms with E-state index in [4.69, 9.17) is 16.0 Å². The number of hydrogen-bond donors (Lipinski definition) is 2. The SMILES string of the molecule is CNS(=O)(=O)c1ccc(CNc2ccnc(Cl)c2)o1. The van der Waals surface area contributed by atoms with Crippen LogP contribution in [0.25, 0.3) is 0 Å². The highest BCUT2D eigenvalue weighted by Crippen LogP contribution is 2.16. The van der Waals surface area contributed by atoms with Crippen molar-refractivity contribution in [2.75, 3.05) is 12.4 Å². The van der Waals surface area contributed by atoms with Crippen LogP contribution in [0.15, 0.2) is 40.0 Å². The average Bonchev–Trinajstić information content (AvgIpc) is 2.86. The van der Waals surface area contributed by atoms with Gasteiger partial charge in [0.2, 0.25) is 5.09 Å². The molecule has 2 heterocycles. The van der Waals surface area contributed by atoms with Crippen molar-refractivity contribution < 1.29 is 12.8 Å². The first-order chi connectivity index (χ1) is 9.01. The molecule has 2 aromatic rings. The second-order valence-corrected chi connectivity index (χ2v) is 5.85. The number of sulfonamides is 1. The zero-order valence-corrected chi connectivity index (χ0v) is 11.6. The van der Waals surface area contributed by atoms with Gasteiger partial charge in [-0.15, -0.1) is 0 Å². The van der Waals surface area contributed by atoms with E-state index in [0.717, 1.165) is 5.69 Å². The summed E-state index contributed by atoms with van der Waals surface area (Å²) >= 11 is 5.75. The van der Waals surface area contributed by atoms with Crippen LogP contribution >= 0.6 is 11.6 Å². The Labute approximate surface area is 115 Å². The minimum atomic E-state index is -3.54. The second kappa shape index (κ2) is 5.60. The monoisotopic (exact) mass is 301 g/mol. The molecule has 8 heteroatoms. The summed E-state index contributed by atoms with van der Waals surface area (Å²) in [6.45, 7) is 0.347. The minimum Gasteiger partial charge on any atom is -0.446 e. The summed E-state index contributed by atoms with van der Waals surface area (Å²) in [6, 6.07) is 6.41. The molecular formula is C11H12ClN3O3S. The fraction of sp³-hybridized carbons (Fsp3) is 0.182. The lowest BCUT2D eigenvalue weighted by Gasteiger charge is -2.04. The fourth-order valence-corrected chi connectivity index (χ4v) is 2.24. The number of nitrogens with one attached hydrogen (secondary N) is 2. The molecule has 0 unspecified atom stereocenters. The van der Waals surface area contributed by atoms with Crippen molar-refractivity contribution in [3.63, 3.8) is 0 Å². The summed E-state index contributed by atoms with van der Waals surface area (Å²) in [6.07, 6.45) is 1.57. The molecule has 2 aromatic heterocycles. The summed E-state index contributed by atoms with van der Waals surface area (Å²) in [7, 11) is -2.21. The topological polar surface area (TPSA) is 84.2 Å². The molecule has 19 heavy (non-hydrogen) atoms. The van der Waals surface area contributed by atoms with Crippen molar-refractivity contribution in [1.29, 1.82) is 0 Å². The predicted molar refractivity (Wildman–Crippen MR) is 71.5 cm³/mol. The van der Waals surface area contributed by atoms with E-state index in [1.54, 1.807) is 24.4 Å². The highest BCUT2D eigenvalue weighted by atomic mass is 35.5. The van der Waals surface area contributed by atoms with Gasteiger partial charge < -0.3 is 9.73 Å². The van der Waals surface area contributed by atoms with Crippen molar-refractivity contribution >= 4 is 27.3 Å². The van der Waals surface area contributed by atoms with Crippen molar-refractivity contribution in [1.82, 2.24) is 9.71 Å². The minimum absolute atomic E-state index is 0.112. The van der Waals surface area contributed by atoms with Crippen LogP contribution in [0, 0.1) is 0 Å². The lowest BCUT2D eigenvalue weighted by molar-refractivity contribution is 0.417. The Morgan fingerprint density at radius 3 is 2.84 bits per heavy atom. The molecule has 0 spiro atoms. The first kappa shape index (κ1) is 13.9. The zero-order chi connectivity index (χ0) is 13.9. The van der Waals surface area contributed by atoms with E-state index in [9.17, 15) is 8.42 Å². The summed E-state index contributed by atoms with van der Waals surface area (Å²) in [5, 5.41) is 3.32. The van der Waals surface area contributed by atoms with Gasteiger partial charge in [0.25, 0.3) is 10.0 Å². The van der Waals surface area contributed by atoms with E-state index in [-0.39, 0.29) is 5.09 Å². The van der Waals surface area contributed by atoms with Crippen molar-refractivity contribution in [2.45, 2.75) is 11.6 Å². The quantitative estimate of drug-likeness (QED) is 0.823. The van der Waals surface area contributed by atoms with Gasteiger partial charge in [0, 0.05) is 11.9 Å². The molecule has 0 radical (unpaired) electrons. The van der Waals surface area contributed by atoms with Gasteiger partial charge in [-0.3, -0.25) is 0 Å². The molecule has 0 atom stereocenters. The van der Waals surface area contributed by atoms with Crippen LogP contribution in [-0.4, -0.2) is 20.4 Å². The zero-order valence-electron chi connectivity index (χ0n) is 10.1. The number of rotatable bonds is 5. The lowest BCUT2D eigenvalue weighted by Crippen LogP contribution is -2.17. The average molecular weight is 302 g/mol. The summed E-state index contributed by atoms with van der Waals surface area (Å²) < 4.78 is 30.4. The van der Waals surface area contributed by atoms with Crippen LogP contribution in [0.5, 0.6) is 0 Å². The van der Waals surface area contributed by atoms with Gasteiger partial charge in [0.1, 0.15) is 10.9 Å². The van der Waals surface area contributed by atoms with E-state index in [1.165, 1.54) is 13.1 Å². The van der Waals surface area contributed by atoms with Gasteiger partial charge in [-0.1, -0.05) is 11.6 Å². The van der Waals surface area contributed by atoms with Gasteiger partial charge in [-0.05, 0) is 31.3 Å². The molecule has 0 aliphatic rings. The number of nitrogens with zero attached hydrogens (tertiary/aromatic N) is 1. The number of hydrogen-bond acceptors (Lipinski definition) is 5. The molecule has 0 fully saturated rings. The van der Waals surface area contributed by atoms with Crippen molar-refractivity contribution in [2.24, 2.45) is 0 Å². The fourth-order valence-electron chi connectivity index (χ4n) is 1.40. The highest BCUT2D eigenvalue weighted by molar-refractivity contribution is 7.89. The van der Waals surface area contributed by atoms with Crippen molar-refractivity contribution in [3.8, 4) is 0 Å². The van der Waals surface area contributed by atoms with Gasteiger partial charge in [-0.2, -0.15) is 0 Å². The Morgan fingerprint density at radius 1 is 1.37 bits per heavy atom. The molecule has 0 aliphatic carbocycles. The number of furan rings is 1. The maximum atomic E-state index is 11.5. The van der Waals surface area contributed by atoms with Gasteiger partial charge in [0.15, 0.2) is 0 Å².